The summed E-state index contributed by atoms with van der Waals surface area (Å²) in [6.07, 6.45) is 0.613. The molecule has 1 N–H and O–H groups in total. The first-order valence-corrected chi connectivity index (χ1v) is 12.6. The average Bonchev–Trinajstić information content (AvgIpc) is 2.84. The molecule has 0 fully saturated rings. The van der Waals surface area contributed by atoms with Gasteiger partial charge in [0.05, 0.1) is 16.5 Å². The van der Waals surface area contributed by atoms with Gasteiger partial charge in [-0.2, -0.15) is 0 Å². The zero-order valence-electron chi connectivity index (χ0n) is 20.4. The minimum Gasteiger partial charge on any atom is -0.354 e. The number of carbonyl (C=O) groups excluding carboxylic acids is 2. The number of rotatable bonds is 10. The first kappa shape index (κ1) is 26.8. The maximum Gasteiger partial charge on any atom is 0.243 e. The molecule has 0 bridgehead atoms. The van der Waals surface area contributed by atoms with Crippen LogP contribution < -0.4 is 5.32 Å². The van der Waals surface area contributed by atoms with Crippen LogP contribution >= 0.6 is 23.2 Å². The van der Waals surface area contributed by atoms with E-state index in [0.717, 1.165) is 22.3 Å². The van der Waals surface area contributed by atoms with E-state index in [2.05, 4.69) is 5.32 Å². The molecule has 4 nitrogen and oxygen atoms in total. The molecule has 0 saturated heterocycles. The number of halogens is 2. The molecule has 0 saturated carbocycles. The molecule has 0 aliphatic carbocycles. The lowest BCUT2D eigenvalue weighted by Gasteiger charge is -2.32. The van der Waals surface area contributed by atoms with Crippen LogP contribution in [0.4, 0.5) is 0 Å². The first-order valence-electron chi connectivity index (χ1n) is 11.8. The van der Waals surface area contributed by atoms with Gasteiger partial charge in [-0.05, 0) is 47.2 Å². The Hall–Kier alpha value is -2.82. The molecule has 1 atom stereocenters. The fraction of sp³-hybridized carbons (Fsp3) is 0.310. The Balaban J connectivity index is 1.98. The highest BCUT2D eigenvalue weighted by molar-refractivity contribution is 6.42. The van der Waals surface area contributed by atoms with Gasteiger partial charge >= 0.3 is 0 Å². The van der Waals surface area contributed by atoms with Gasteiger partial charge in [-0.1, -0.05) is 97.7 Å². The second-order valence-electron chi connectivity index (χ2n) is 9.22. The van der Waals surface area contributed by atoms with Crippen molar-refractivity contribution in [1.82, 2.24) is 10.2 Å². The number of carbonyl (C=O) groups is 2. The summed E-state index contributed by atoms with van der Waals surface area (Å²) < 4.78 is 0. The van der Waals surface area contributed by atoms with E-state index in [4.69, 9.17) is 23.2 Å². The van der Waals surface area contributed by atoms with Crippen molar-refractivity contribution in [3.05, 3.63) is 105 Å². The van der Waals surface area contributed by atoms with E-state index in [1.807, 2.05) is 81.4 Å². The van der Waals surface area contributed by atoms with Crippen molar-refractivity contribution in [2.45, 2.75) is 46.2 Å². The smallest absolute Gasteiger partial charge is 0.243 e. The molecule has 0 unspecified atom stereocenters. The van der Waals surface area contributed by atoms with Crippen molar-refractivity contribution in [1.29, 1.82) is 0 Å². The third kappa shape index (κ3) is 7.84. The average molecular weight is 511 g/mol. The molecule has 3 aromatic carbocycles. The van der Waals surface area contributed by atoms with Crippen LogP contribution in [-0.2, 0) is 29.0 Å². The number of aryl methyl sites for hydroxylation is 1. The summed E-state index contributed by atoms with van der Waals surface area (Å²) in [7, 11) is 0. The van der Waals surface area contributed by atoms with Crippen LogP contribution in [0.1, 0.15) is 36.1 Å². The molecule has 2 amide bonds. The summed E-state index contributed by atoms with van der Waals surface area (Å²) in [6.45, 7) is 6.86. The monoisotopic (exact) mass is 510 g/mol. The molecule has 0 spiro atoms. The minimum atomic E-state index is -0.679. The molecule has 3 rings (SSSR count). The van der Waals surface area contributed by atoms with Gasteiger partial charge in [0.25, 0.3) is 0 Å². The van der Waals surface area contributed by atoms with Gasteiger partial charge in [-0.25, -0.2) is 0 Å². The molecule has 0 radical (unpaired) electrons. The molecule has 6 heteroatoms. The van der Waals surface area contributed by atoms with Crippen LogP contribution in [0.3, 0.4) is 0 Å². The maximum atomic E-state index is 13.8. The van der Waals surface area contributed by atoms with Gasteiger partial charge in [0.2, 0.25) is 11.8 Å². The molecule has 0 heterocycles. The van der Waals surface area contributed by atoms with Crippen molar-refractivity contribution in [3.8, 4) is 0 Å². The summed E-state index contributed by atoms with van der Waals surface area (Å²) in [5.74, 6) is 0.00858. The molecule has 0 aromatic heterocycles. The first-order chi connectivity index (χ1) is 16.7. The molecular weight excluding hydrogens is 479 g/mol. The zero-order chi connectivity index (χ0) is 25.4. The normalized spacial score (nSPS) is 11.8. The molecule has 35 heavy (non-hydrogen) atoms. The van der Waals surface area contributed by atoms with E-state index < -0.39 is 6.04 Å². The lowest BCUT2D eigenvalue weighted by Crippen LogP contribution is -2.51. The molecule has 0 aliphatic heterocycles. The van der Waals surface area contributed by atoms with Crippen molar-refractivity contribution >= 4 is 35.0 Å². The lowest BCUT2D eigenvalue weighted by molar-refractivity contribution is -0.140. The van der Waals surface area contributed by atoms with Gasteiger partial charge in [0.1, 0.15) is 6.04 Å². The highest BCUT2D eigenvalue weighted by Gasteiger charge is 2.30. The van der Waals surface area contributed by atoms with Crippen LogP contribution in [0.15, 0.2) is 72.8 Å². The van der Waals surface area contributed by atoms with Gasteiger partial charge in [-0.3, -0.25) is 9.59 Å². The van der Waals surface area contributed by atoms with Gasteiger partial charge in [0.15, 0.2) is 0 Å². The minimum absolute atomic E-state index is 0.119. The Morgan fingerprint density at radius 2 is 1.57 bits per heavy atom. The Morgan fingerprint density at radius 1 is 0.886 bits per heavy atom. The van der Waals surface area contributed by atoms with Crippen LogP contribution in [0.5, 0.6) is 0 Å². The summed E-state index contributed by atoms with van der Waals surface area (Å²) in [5, 5.41) is 3.90. The number of hydrogen-bond acceptors (Lipinski definition) is 2. The number of benzene rings is 3. The number of hydrogen-bond donors (Lipinski definition) is 1. The topological polar surface area (TPSA) is 49.4 Å². The Kier molecular flexibility index (Phi) is 9.76. The van der Waals surface area contributed by atoms with Gasteiger partial charge in [-0.15, -0.1) is 0 Å². The number of nitrogens with zero attached hydrogens (tertiary/aromatic N) is 1. The third-order valence-corrected chi connectivity index (χ3v) is 6.63. The number of nitrogens with one attached hydrogen (secondary N) is 1. The van der Waals surface area contributed by atoms with Crippen LogP contribution in [0, 0.1) is 12.8 Å². The van der Waals surface area contributed by atoms with E-state index in [-0.39, 0.29) is 24.8 Å². The van der Waals surface area contributed by atoms with E-state index in [1.54, 1.807) is 17.0 Å². The van der Waals surface area contributed by atoms with E-state index in [1.165, 1.54) is 0 Å². The second kappa shape index (κ2) is 12.8. The Labute approximate surface area is 218 Å². The van der Waals surface area contributed by atoms with Crippen molar-refractivity contribution in [2.75, 3.05) is 6.54 Å². The molecule has 3 aromatic rings. The fourth-order valence-electron chi connectivity index (χ4n) is 3.88. The van der Waals surface area contributed by atoms with Crippen LogP contribution in [-0.4, -0.2) is 29.3 Å². The van der Waals surface area contributed by atoms with Crippen LogP contribution in [0.2, 0.25) is 10.0 Å². The van der Waals surface area contributed by atoms with Gasteiger partial charge < -0.3 is 10.2 Å². The summed E-state index contributed by atoms with van der Waals surface area (Å²) in [6, 6.07) is 22.2. The van der Waals surface area contributed by atoms with E-state index >= 15 is 0 Å². The predicted molar refractivity (Wildman–Crippen MR) is 144 cm³/mol. The quantitative estimate of drug-likeness (QED) is 0.350. The second-order valence-corrected chi connectivity index (χ2v) is 10.0. The summed E-state index contributed by atoms with van der Waals surface area (Å²) in [4.78, 5) is 28.9. The highest BCUT2D eigenvalue weighted by Crippen LogP contribution is 2.25. The molecule has 0 aliphatic rings. The van der Waals surface area contributed by atoms with Crippen molar-refractivity contribution < 1.29 is 9.59 Å². The number of amides is 2. The van der Waals surface area contributed by atoms with Crippen molar-refractivity contribution in [3.63, 3.8) is 0 Å². The lowest BCUT2D eigenvalue weighted by atomic mass is 10.00. The van der Waals surface area contributed by atoms with E-state index in [9.17, 15) is 9.59 Å². The van der Waals surface area contributed by atoms with Crippen molar-refractivity contribution in [2.24, 2.45) is 5.92 Å². The molecular formula is C29H32Cl2N2O2. The largest absolute Gasteiger partial charge is 0.354 e. The molecule has 184 valence electrons. The zero-order valence-corrected chi connectivity index (χ0v) is 21.9. The van der Waals surface area contributed by atoms with E-state index in [0.29, 0.717) is 28.9 Å². The SMILES string of the molecule is Cc1ccccc1CC(=O)N(Cc1ccc(Cl)c(Cl)c1)[C@H](Cc1ccccc1)C(=O)NCC(C)C. The Morgan fingerprint density at radius 3 is 2.23 bits per heavy atom. The third-order valence-electron chi connectivity index (χ3n) is 5.90. The van der Waals surface area contributed by atoms with Gasteiger partial charge in [0, 0.05) is 19.5 Å². The summed E-state index contributed by atoms with van der Waals surface area (Å²) in [5.41, 5.74) is 3.78. The standard InChI is InChI=1S/C29H32Cl2N2O2/c1-20(2)18-32-29(35)27(16-22-10-5-4-6-11-22)33(19-23-13-14-25(30)26(31)15-23)28(34)17-24-12-8-7-9-21(24)3/h4-15,20,27H,16-19H2,1-3H3,(H,32,35)/t27-/m1/s1. The fourth-order valence-corrected chi connectivity index (χ4v) is 4.20. The predicted octanol–water partition coefficient (Wildman–Crippen LogP) is 6.26. The van der Waals surface area contributed by atoms with Crippen LogP contribution in [0.25, 0.3) is 0 Å². The highest BCUT2D eigenvalue weighted by atomic mass is 35.5. The Bertz CT molecular complexity index is 1150. The summed E-state index contributed by atoms with van der Waals surface area (Å²) >= 11 is 12.4. The maximum absolute atomic E-state index is 13.8.